The zero-order valence-corrected chi connectivity index (χ0v) is 25.3. The second-order valence-corrected chi connectivity index (χ2v) is 12.1. The van der Waals surface area contributed by atoms with Crippen LogP contribution in [0.4, 0.5) is 21.7 Å². The summed E-state index contributed by atoms with van der Waals surface area (Å²) in [6.45, 7) is 4.86. The lowest BCUT2D eigenvalue weighted by molar-refractivity contribution is 0.0944. The van der Waals surface area contributed by atoms with Crippen LogP contribution in [0.3, 0.4) is 0 Å². The number of fused-ring (bicyclic) bond motifs is 3. The maximum absolute atomic E-state index is 13.5. The first-order valence-electron chi connectivity index (χ1n) is 14.2. The molecule has 2 aliphatic rings. The summed E-state index contributed by atoms with van der Waals surface area (Å²) in [5, 5.41) is 10.7. The number of halogens is 1. The lowest BCUT2D eigenvalue weighted by atomic mass is 9.93. The summed E-state index contributed by atoms with van der Waals surface area (Å²) in [6, 6.07) is 14.4. The Morgan fingerprint density at radius 2 is 1.84 bits per heavy atom. The minimum atomic E-state index is -3.66. The number of carbonyl (C=O) groups excluding carboxylic acids is 1. The Morgan fingerprint density at radius 3 is 2.52 bits per heavy atom. The maximum Gasteiger partial charge on any atom is 0.272 e. The van der Waals surface area contributed by atoms with Gasteiger partial charge < -0.3 is 20.3 Å². The highest BCUT2D eigenvalue weighted by Crippen LogP contribution is 2.34. The molecule has 6 rings (SSSR count). The first-order chi connectivity index (χ1) is 21.1. The van der Waals surface area contributed by atoms with Crippen molar-refractivity contribution in [2.75, 3.05) is 42.3 Å². The van der Waals surface area contributed by atoms with Crippen molar-refractivity contribution >= 4 is 33.3 Å². The van der Waals surface area contributed by atoms with E-state index in [-0.39, 0.29) is 24.0 Å². The van der Waals surface area contributed by atoms with Crippen LogP contribution in [0.25, 0.3) is 11.4 Å². The summed E-state index contributed by atoms with van der Waals surface area (Å²) in [5.74, 6) is -0.343. The van der Waals surface area contributed by atoms with Crippen LogP contribution in [0.15, 0.2) is 54.7 Å². The number of nitrogens with zero attached hydrogens (tertiary/aromatic N) is 5. The number of ether oxygens (including phenoxy) is 1. The Labute approximate surface area is 255 Å². The molecule has 1 aliphatic carbocycles. The van der Waals surface area contributed by atoms with Gasteiger partial charge in [-0.1, -0.05) is 12.1 Å². The fourth-order valence-corrected chi connectivity index (χ4v) is 5.02. The van der Waals surface area contributed by atoms with Gasteiger partial charge in [0.2, 0.25) is 5.95 Å². The third-order valence-corrected chi connectivity index (χ3v) is 8.03. The molecule has 12 nitrogen and oxygen atoms in total. The molecule has 1 saturated heterocycles. The predicted octanol–water partition coefficient (Wildman–Crippen LogP) is 3.52. The molecule has 232 valence electrons. The highest BCUT2D eigenvalue weighted by atomic mass is 32.2. The third-order valence-electron chi connectivity index (χ3n) is 7.30. The van der Waals surface area contributed by atoms with Gasteiger partial charge in [-0.2, -0.15) is 13.5 Å². The van der Waals surface area contributed by atoms with Gasteiger partial charge in [0.1, 0.15) is 5.82 Å². The molecule has 2 aromatic carbocycles. The summed E-state index contributed by atoms with van der Waals surface area (Å²) in [5.41, 5.74) is 6.57. The molecule has 0 bridgehead atoms. The van der Waals surface area contributed by atoms with E-state index in [0.29, 0.717) is 30.0 Å². The van der Waals surface area contributed by atoms with Gasteiger partial charge in [0.15, 0.2) is 5.69 Å². The van der Waals surface area contributed by atoms with Gasteiger partial charge in [0, 0.05) is 49.8 Å². The minimum Gasteiger partial charge on any atom is -0.378 e. The van der Waals surface area contributed by atoms with Crippen LogP contribution in [-0.4, -0.2) is 70.7 Å². The highest BCUT2D eigenvalue weighted by molar-refractivity contribution is 7.85. The molecule has 3 N–H and O–H groups in total. The number of nitrogens with one attached hydrogen (secondary N) is 2. The Morgan fingerprint density at radius 1 is 1.11 bits per heavy atom. The molecule has 0 spiro atoms. The van der Waals surface area contributed by atoms with Gasteiger partial charge in [0.25, 0.3) is 16.0 Å². The molecule has 1 aliphatic heterocycles. The topological polar surface area (TPSA) is 152 Å². The van der Waals surface area contributed by atoms with Crippen LogP contribution >= 0.6 is 0 Å². The smallest absolute Gasteiger partial charge is 0.272 e. The third kappa shape index (κ3) is 7.56. The molecule has 1 amide bonds. The Balaban J connectivity index is 0.000000584. The standard InChI is InChI=1S/C28H28FN7O2.C2H6O3S/c1-35-26-23(25(34-35)27(37)30-16-18-3-2-4-20(29)15-18)10-5-19-17-31-28(33-24(19)26)32-21-6-8-22(9-7-21)36-11-13-38-14-12-36;1-2-6(3,4)5/h2-4,6-9,15,17H,5,10-14,16H2,1H3,(H,30,37)(H,31,32,33);2H2,1H3,(H,3,4,5). The van der Waals surface area contributed by atoms with Gasteiger partial charge in [0.05, 0.1) is 30.4 Å². The summed E-state index contributed by atoms with van der Waals surface area (Å²) >= 11 is 0. The van der Waals surface area contributed by atoms with Crippen LogP contribution in [-0.2, 0) is 41.3 Å². The average molecular weight is 624 g/mol. The minimum absolute atomic E-state index is 0.201. The number of benzene rings is 2. The Kier molecular flexibility index (Phi) is 9.52. The van der Waals surface area contributed by atoms with Crippen molar-refractivity contribution in [2.45, 2.75) is 26.3 Å². The van der Waals surface area contributed by atoms with E-state index >= 15 is 0 Å². The van der Waals surface area contributed by atoms with Crippen molar-refractivity contribution in [3.05, 3.63) is 82.9 Å². The fraction of sp³-hybridized carbons (Fsp3) is 0.333. The van der Waals surface area contributed by atoms with E-state index in [1.54, 1.807) is 16.8 Å². The zero-order valence-electron chi connectivity index (χ0n) is 24.5. The van der Waals surface area contributed by atoms with E-state index in [1.807, 2.05) is 25.4 Å². The lowest BCUT2D eigenvalue weighted by Crippen LogP contribution is -2.36. The number of anilines is 3. The molecule has 14 heteroatoms. The number of morpholine rings is 1. The molecule has 0 saturated carbocycles. The van der Waals surface area contributed by atoms with Crippen molar-refractivity contribution in [3.63, 3.8) is 0 Å². The molecule has 0 unspecified atom stereocenters. The summed E-state index contributed by atoms with van der Waals surface area (Å²) in [4.78, 5) is 24.7. The van der Waals surface area contributed by atoms with E-state index in [0.717, 1.165) is 60.2 Å². The van der Waals surface area contributed by atoms with Crippen LogP contribution in [0.2, 0.25) is 0 Å². The van der Waals surface area contributed by atoms with Crippen molar-refractivity contribution in [2.24, 2.45) is 7.05 Å². The number of rotatable bonds is 7. The van der Waals surface area contributed by atoms with Gasteiger partial charge >= 0.3 is 0 Å². The number of amides is 1. The molecule has 0 radical (unpaired) electrons. The second kappa shape index (κ2) is 13.5. The largest absolute Gasteiger partial charge is 0.378 e. The number of hydrogen-bond acceptors (Lipinski definition) is 9. The fourth-order valence-electron chi connectivity index (χ4n) is 5.02. The average Bonchev–Trinajstić information content (AvgIpc) is 3.37. The van der Waals surface area contributed by atoms with E-state index < -0.39 is 10.1 Å². The van der Waals surface area contributed by atoms with Crippen LogP contribution in [0, 0.1) is 5.82 Å². The van der Waals surface area contributed by atoms with E-state index in [9.17, 15) is 17.6 Å². The quantitative estimate of drug-likeness (QED) is 0.261. The van der Waals surface area contributed by atoms with Gasteiger partial charge in [-0.25, -0.2) is 14.4 Å². The van der Waals surface area contributed by atoms with Gasteiger partial charge in [-0.15, -0.1) is 0 Å². The van der Waals surface area contributed by atoms with Crippen LogP contribution in [0.5, 0.6) is 0 Å². The maximum atomic E-state index is 13.5. The summed E-state index contributed by atoms with van der Waals surface area (Å²) < 4.78 is 47.6. The first-order valence-corrected chi connectivity index (χ1v) is 15.8. The van der Waals surface area contributed by atoms with E-state index in [4.69, 9.17) is 14.3 Å². The van der Waals surface area contributed by atoms with Crippen LogP contribution in [0.1, 0.15) is 34.1 Å². The Bertz CT molecular complexity index is 1740. The van der Waals surface area contributed by atoms with Gasteiger partial charge in [-0.05, 0) is 67.3 Å². The van der Waals surface area contributed by atoms with E-state index in [2.05, 4.69) is 37.7 Å². The molecular weight excluding hydrogens is 589 g/mol. The monoisotopic (exact) mass is 623 g/mol. The summed E-state index contributed by atoms with van der Waals surface area (Å²) in [6.07, 6.45) is 3.22. The predicted molar refractivity (Wildman–Crippen MR) is 164 cm³/mol. The normalized spacial score (nSPS) is 14.1. The molecule has 44 heavy (non-hydrogen) atoms. The molecule has 3 heterocycles. The lowest BCUT2D eigenvalue weighted by Gasteiger charge is -2.28. The zero-order chi connectivity index (χ0) is 31.3. The SMILES string of the molecule is CCS(=O)(=O)O.Cn1nc(C(=O)NCc2cccc(F)c2)c2c1-c1nc(Nc3ccc(N4CCOCC4)cc3)ncc1CC2. The Hall–Kier alpha value is -4.40. The number of aryl methyl sites for hydroxylation is 2. The second-order valence-electron chi connectivity index (χ2n) is 10.3. The van der Waals surface area contributed by atoms with Crippen molar-refractivity contribution in [3.8, 4) is 11.4 Å². The molecule has 4 aromatic rings. The van der Waals surface area contributed by atoms with Crippen molar-refractivity contribution in [1.29, 1.82) is 0 Å². The van der Waals surface area contributed by atoms with Gasteiger partial charge in [-0.3, -0.25) is 14.0 Å². The molecule has 0 atom stereocenters. The first kappa shape index (κ1) is 31.0. The van der Waals surface area contributed by atoms with Crippen molar-refractivity contribution in [1.82, 2.24) is 25.1 Å². The molecule has 2 aromatic heterocycles. The number of hydrogen-bond donors (Lipinski definition) is 3. The highest BCUT2D eigenvalue weighted by Gasteiger charge is 2.29. The number of aromatic nitrogens is 4. The molecule has 1 fully saturated rings. The van der Waals surface area contributed by atoms with Crippen molar-refractivity contribution < 1.29 is 26.9 Å². The number of carbonyl (C=O) groups is 1. The molecular formula is C30H34FN7O5S. The van der Waals surface area contributed by atoms with Crippen LogP contribution < -0.4 is 15.5 Å². The van der Waals surface area contributed by atoms with E-state index in [1.165, 1.54) is 19.1 Å². The summed E-state index contributed by atoms with van der Waals surface area (Å²) in [7, 11) is -1.85.